The van der Waals surface area contributed by atoms with Crippen molar-refractivity contribution in [3.05, 3.63) is 45.3 Å². The maximum atomic E-state index is 12.7. The monoisotopic (exact) mass is 372 g/mol. The lowest BCUT2D eigenvalue weighted by Gasteiger charge is -2.10. The molecule has 26 heavy (non-hydrogen) atoms. The number of ether oxygens (including phenoxy) is 1. The lowest BCUT2D eigenvalue weighted by atomic mass is 10.0. The van der Waals surface area contributed by atoms with E-state index < -0.39 is 5.97 Å². The minimum Gasteiger partial charge on any atom is -0.465 e. The van der Waals surface area contributed by atoms with Crippen molar-refractivity contribution in [2.75, 3.05) is 17.7 Å². The van der Waals surface area contributed by atoms with Crippen molar-refractivity contribution in [1.29, 1.82) is 0 Å². The Morgan fingerprint density at radius 2 is 2.00 bits per heavy atom. The zero-order valence-corrected chi connectivity index (χ0v) is 15.7. The standard InChI is InChI=1S/C19H20N2O4S/c1-10-11(2)26-18(16(10)19(24)25-3)21-17(23)13-7-8-14-12(9-13)5-4-6-15(22)20-14/h7-9H,4-6H2,1-3H3,(H,20,22)(H,21,23). The number of nitrogens with one attached hydrogen (secondary N) is 2. The first kappa shape index (κ1) is 18.1. The number of aryl methyl sites for hydroxylation is 2. The molecule has 0 spiro atoms. The molecule has 1 aliphatic heterocycles. The minimum absolute atomic E-state index is 0.00629. The number of hydrogen-bond acceptors (Lipinski definition) is 5. The molecule has 2 aromatic rings. The Kier molecular flexibility index (Phi) is 5.08. The number of hydrogen-bond donors (Lipinski definition) is 2. The van der Waals surface area contributed by atoms with Crippen molar-refractivity contribution in [2.45, 2.75) is 33.1 Å². The summed E-state index contributed by atoms with van der Waals surface area (Å²) in [6, 6.07) is 5.21. The van der Waals surface area contributed by atoms with Crippen LogP contribution in [0.1, 0.15) is 49.6 Å². The Morgan fingerprint density at radius 3 is 2.73 bits per heavy atom. The van der Waals surface area contributed by atoms with Gasteiger partial charge >= 0.3 is 5.97 Å². The molecule has 7 heteroatoms. The second kappa shape index (κ2) is 7.29. The van der Waals surface area contributed by atoms with Crippen LogP contribution in [0.4, 0.5) is 10.7 Å². The maximum absolute atomic E-state index is 12.7. The van der Waals surface area contributed by atoms with Crippen LogP contribution in [-0.4, -0.2) is 24.9 Å². The predicted molar refractivity (Wildman–Crippen MR) is 101 cm³/mol. The quantitative estimate of drug-likeness (QED) is 0.805. The van der Waals surface area contributed by atoms with E-state index in [2.05, 4.69) is 10.6 Å². The number of rotatable bonds is 3. The molecule has 0 saturated heterocycles. The first-order valence-electron chi connectivity index (χ1n) is 8.33. The topological polar surface area (TPSA) is 84.5 Å². The molecule has 1 aromatic heterocycles. The molecule has 0 aliphatic carbocycles. The average molecular weight is 372 g/mol. The summed E-state index contributed by atoms with van der Waals surface area (Å²) < 4.78 is 4.83. The molecule has 0 fully saturated rings. The third kappa shape index (κ3) is 3.48. The lowest BCUT2D eigenvalue weighted by molar-refractivity contribution is -0.116. The van der Waals surface area contributed by atoms with Gasteiger partial charge in [0.1, 0.15) is 5.00 Å². The molecule has 1 aromatic carbocycles. The van der Waals surface area contributed by atoms with Crippen LogP contribution in [0.5, 0.6) is 0 Å². The molecular formula is C19H20N2O4S. The zero-order chi connectivity index (χ0) is 18.8. The maximum Gasteiger partial charge on any atom is 0.341 e. The van der Waals surface area contributed by atoms with E-state index in [1.54, 1.807) is 18.2 Å². The molecule has 0 saturated carbocycles. The van der Waals surface area contributed by atoms with Gasteiger partial charge in [0, 0.05) is 22.5 Å². The van der Waals surface area contributed by atoms with Gasteiger partial charge in [-0.05, 0) is 56.0 Å². The highest BCUT2D eigenvalue weighted by Gasteiger charge is 2.22. The van der Waals surface area contributed by atoms with E-state index >= 15 is 0 Å². The van der Waals surface area contributed by atoms with Crippen LogP contribution in [0.15, 0.2) is 18.2 Å². The van der Waals surface area contributed by atoms with E-state index in [0.29, 0.717) is 22.5 Å². The summed E-state index contributed by atoms with van der Waals surface area (Å²) in [4.78, 5) is 37.3. The van der Waals surface area contributed by atoms with Gasteiger partial charge in [-0.2, -0.15) is 0 Å². The molecule has 136 valence electrons. The van der Waals surface area contributed by atoms with Gasteiger partial charge in [-0.25, -0.2) is 4.79 Å². The summed E-state index contributed by atoms with van der Waals surface area (Å²) in [5, 5.41) is 6.16. The van der Waals surface area contributed by atoms with Gasteiger partial charge in [-0.15, -0.1) is 11.3 Å². The van der Waals surface area contributed by atoms with Gasteiger partial charge in [0.15, 0.2) is 0 Å². The fraction of sp³-hybridized carbons (Fsp3) is 0.316. The molecule has 2 heterocycles. The number of amides is 2. The van der Waals surface area contributed by atoms with Crippen molar-refractivity contribution in [3.63, 3.8) is 0 Å². The van der Waals surface area contributed by atoms with Crippen LogP contribution in [0.2, 0.25) is 0 Å². The van der Waals surface area contributed by atoms with Crippen molar-refractivity contribution in [3.8, 4) is 0 Å². The first-order chi connectivity index (χ1) is 12.4. The molecule has 6 nitrogen and oxygen atoms in total. The molecule has 0 unspecified atom stereocenters. The van der Waals surface area contributed by atoms with Gasteiger partial charge < -0.3 is 15.4 Å². The largest absolute Gasteiger partial charge is 0.465 e. The third-order valence-electron chi connectivity index (χ3n) is 4.49. The summed E-state index contributed by atoms with van der Waals surface area (Å²) in [5.74, 6) is -0.769. The smallest absolute Gasteiger partial charge is 0.341 e. The van der Waals surface area contributed by atoms with Gasteiger partial charge in [-0.3, -0.25) is 9.59 Å². The van der Waals surface area contributed by atoms with Crippen LogP contribution >= 0.6 is 11.3 Å². The van der Waals surface area contributed by atoms with E-state index in [1.165, 1.54) is 18.4 Å². The van der Waals surface area contributed by atoms with Crippen LogP contribution < -0.4 is 10.6 Å². The van der Waals surface area contributed by atoms with E-state index in [1.807, 2.05) is 13.8 Å². The highest BCUT2D eigenvalue weighted by Crippen LogP contribution is 2.33. The first-order valence-corrected chi connectivity index (χ1v) is 9.14. The number of fused-ring (bicyclic) bond motifs is 1. The number of carbonyl (C=O) groups is 3. The van der Waals surface area contributed by atoms with Gasteiger partial charge in [0.25, 0.3) is 5.91 Å². The van der Waals surface area contributed by atoms with E-state index in [-0.39, 0.29) is 11.8 Å². The molecule has 2 N–H and O–H groups in total. The Bertz CT molecular complexity index is 901. The lowest BCUT2D eigenvalue weighted by Crippen LogP contribution is -2.15. The van der Waals surface area contributed by atoms with E-state index in [9.17, 15) is 14.4 Å². The van der Waals surface area contributed by atoms with Gasteiger partial charge in [0.05, 0.1) is 12.7 Å². The molecular weight excluding hydrogens is 352 g/mol. The van der Waals surface area contributed by atoms with E-state index in [0.717, 1.165) is 34.5 Å². The van der Waals surface area contributed by atoms with Crippen molar-refractivity contribution < 1.29 is 19.1 Å². The Balaban J connectivity index is 1.88. The zero-order valence-electron chi connectivity index (χ0n) is 14.9. The van der Waals surface area contributed by atoms with Crippen molar-refractivity contribution >= 4 is 39.8 Å². The Morgan fingerprint density at radius 1 is 1.23 bits per heavy atom. The third-order valence-corrected chi connectivity index (χ3v) is 5.62. The second-order valence-corrected chi connectivity index (χ2v) is 7.43. The normalized spacial score (nSPS) is 13.4. The van der Waals surface area contributed by atoms with E-state index in [4.69, 9.17) is 4.74 Å². The molecule has 0 radical (unpaired) electrons. The Labute approximate surface area is 155 Å². The molecule has 1 aliphatic rings. The van der Waals surface area contributed by atoms with Crippen LogP contribution in [0.25, 0.3) is 0 Å². The van der Waals surface area contributed by atoms with Gasteiger partial charge in [0.2, 0.25) is 5.91 Å². The summed E-state index contributed by atoms with van der Waals surface area (Å²) in [5.41, 5.74) is 3.38. The minimum atomic E-state index is -0.466. The van der Waals surface area contributed by atoms with Crippen molar-refractivity contribution in [2.24, 2.45) is 0 Å². The van der Waals surface area contributed by atoms with Crippen molar-refractivity contribution in [1.82, 2.24) is 0 Å². The summed E-state index contributed by atoms with van der Waals surface area (Å²) >= 11 is 1.35. The number of anilines is 2. The number of carbonyl (C=O) groups excluding carboxylic acids is 3. The fourth-order valence-electron chi connectivity index (χ4n) is 2.95. The predicted octanol–water partition coefficient (Wildman–Crippen LogP) is 3.68. The summed E-state index contributed by atoms with van der Waals surface area (Å²) in [6.45, 7) is 3.73. The van der Waals surface area contributed by atoms with Crippen LogP contribution in [0.3, 0.4) is 0 Å². The molecule has 3 rings (SSSR count). The number of esters is 1. The molecule has 2 amide bonds. The Hall–Kier alpha value is -2.67. The van der Waals surface area contributed by atoms with Gasteiger partial charge in [-0.1, -0.05) is 0 Å². The highest BCUT2D eigenvalue weighted by molar-refractivity contribution is 7.16. The van der Waals surface area contributed by atoms with Crippen LogP contribution in [0, 0.1) is 13.8 Å². The SMILES string of the molecule is COC(=O)c1c(NC(=O)c2ccc3c(c2)CCCC(=O)N3)sc(C)c1C. The number of thiophene rings is 1. The fourth-order valence-corrected chi connectivity index (χ4v) is 4.00. The molecule has 0 bridgehead atoms. The second-order valence-electron chi connectivity index (χ2n) is 6.21. The molecule has 0 atom stereocenters. The average Bonchev–Trinajstić information content (AvgIpc) is 2.78. The summed E-state index contributed by atoms with van der Waals surface area (Å²) in [7, 11) is 1.32. The van der Waals surface area contributed by atoms with Crippen LogP contribution in [-0.2, 0) is 16.0 Å². The highest BCUT2D eigenvalue weighted by atomic mass is 32.1. The number of methoxy groups -OCH3 is 1. The number of benzene rings is 1. The summed E-state index contributed by atoms with van der Waals surface area (Å²) in [6.07, 6.45) is 1.96.